The zero-order valence-corrected chi connectivity index (χ0v) is 9.10. The van der Waals surface area contributed by atoms with Gasteiger partial charge in [0.25, 0.3) is 0 Å². The molecule has 0 radical (unpaired) electrons. The Morgan fingerprint density at radius 1 is 1.50 bits per heavy atom. The van der Waals surface area contributed by atoms with Gasteiger partial charge in [-0.2, -0.15) is 0 Å². The van der Waals surface area contributed by atoms with Crippen molar-refractivity contribution in [2.24, 2.45) is 0 Å². The summed E-state index contributed by atoms with van der Waals surface area (Å²) in [7, 11) is 1.33. The van der Waals surface area contributed by atoms with Crippen LogP contribution in [-0.4, -0.2) is 49.6 Å². The molecule has 0 spiro atoms. The Labute approximate surface area is 89.2 Å². The van der Waals surface area contributed by atoms with Crippen molar-refractivity contribution < 1.29 is 14.3 Å². The van der Waals surface area contributed by atoms with Gasteiger partial charge in [0.1, 0.15) is 6.04 Å². The topological polar surface area (TPSA) is 58.6 Å². The molecule has 0 aromatic rings. The summed E-state index contributed by atoms with van der Waals surface area (Å²) in [6, 6.07) is -0.462. The van der Waals surface area contributed by atoms with E-state index in [9.17, 15) is 9.59 Å². The third-order valence-corrected chi connectivity index (χ3v) is 2.12. The number of ether oxygens (including phenoxy) is 1. The molecule has 0 aliphatic carbocycles. The minimum atomic E-state index is -0.462. The zero-order valence-electron chi connectivity index (χ0n) is 8.28. The smallest absolute Gasteiger partial charge is 0.329 e. The van der Waals surface area contributed by atoms with E-state index in [-0.39, 0.29) is 24.3 Å². The third-order valence-electron chi connectivity index (χ3n) is 2.12. The maximum absolute atomic E-state index is 11.2. The Morgan fingerprint density at radius 2 is 2.14 bits per heavy atom. The summed E-state index contributed by atoms with van der Waals surface area (Å²) < 4.78 is 4.60. The Balaban J connectivity index is 0.00000169. The van der Waals surface area contributed by atoms with E-state index in [4.69, 9.17) is 0 Å². The van der Waals surface area contributed by atoms with Crippen molar-refractivity contribution in [2.45, 2.75) is 13.0 Å². The molecule has 0 aromatic carbocycles. The van der Waals surface area contributed by atoms with Crippen molar-refractivity contribution >= 4 is 24.3 Å². The summed E-state index contributed by atoms with van der Waals surface area (Å²) in [4.78, 5) is 23.9. The number of hydrogen-bond donors (Lipinski definition) is 1. The summed E-state index contributed by atoms with van der Waals surface area (Å²) in [5.41, 5.74) is 0. The summed E-state index contributed by atoms with van der Waals surface area (Å²) >= 11 is 0. The fourth-order valence-corrected chi connectivity index (χ4v) is 1.43. The number of hydrogen-bond acceptors (Lipinski definition) is 4. The second kappa shape index (κ2) is 5.82. The molecule has 1 aliphatic rings. The zero-order chi connectivity index (χ0) is 9.84. The monoisotopic (exact) mass is 222 g/mol. The molecule has 0 aromatic heterocycles. The predicted molar refractivity (Wildman–Crippen MR) is 53.3 cm³/mol. The molecule has 0 bridgehead atoms. The molecular formula is C8H15ClN2O3. The van der Waals surface area contributed by atoms with Crippen LogP contribution < -0.4 is 5.32 Å². The predicted octanol–water partition coefficient (Wildman–Crippen LogP) is -0.599. The van der Waals surface area contributed by atoms with E-state index in [1.54, 1.807) is 0 Å². The van der Waals surface area contributed by atoms with Gasteiger partial charge in [0.05, 0.1) is 7.11 Å². The van der Waals surface area contributed by atoms with E-state index in [1.165, 1.54) is 18.9 Å². The lowest BCUT2D eigenvalue weighted by Crippen LogP contribution is -2.56. The average Bonchev–Trinajstić information content (AvgIpc) is 2.16. The van der Waals surface area contributed by atoms with Crippen LogP contribution in [-0.2, 0) is 14.3 Å². The van der Waals surface area contributed by atoms with Crippen LogP contribution in [0.4, 0.5) is 0 Å². The van der Waals surface area contributed by atoms with Gasteiger partial charge in [-0.25, -0.2) is 4.79 Å². The first kappa shape index (κ1) is 13.2. The first-order valence-electron chi connectivity index (χ1n) is 4.22. The van der Waals surface area contributed by atoms with E-state index in [0.717, 1.165) is 6.54 Å². The van der Waals surface area contributed by atoms with Crippen LogP contribution in [0.2, 0.25) is 0 Å². The number of methoxy groups -OCH3 is 1. The van der Waals surface area contributed by atoms with Gasteiger partial charge in [-0.15, -0.1) is 12.4 Å². The molecule has 14 heavy (non-hydrogen) atoms. The number of halogens is 1. The minimum Gasteiger partial charge on any atom is -0.467 e. The first-order valence-corrected chi connectivity index (χ1v) is 4.22. The van der Waals surface area contributed by atoms with E-state index in [0.29, 0.717) is 13.1 Å². The molecule has 1 atom stereocenters. The molecule has 1 rings (SSSR count). The van der Waals surface area contributed by atoms with E-state index >= 15 is 0 Å². The summed E-state index contributed by atoms with van der Waals surface area (Å²) in [6.45, 7) is 3.23. The van der Waals surface area contributed by atoms with Gasteiger partial charge in [-0.3, -0.25) is 4.79 Å². The van der Waals surface area contributed by atoms with Crippen molar-refractivity contribution in [3.8, 4) is 0 Å². The van der Waals surface area contributed by atoms with Gasteiger partial charge in [0, 0.05) is 26.6 Å². The molecule has 1 aliphatic heterocycles. The Kier molecular flexibility index (Phi) is 5.49. The summed E-state index contributed by atoms with van der Waals surface area (Å²) in [6.07, 6.45) is 0. The molecule has 1 fully saturated rings. The number of rotatable bonds is 1. The summed E-state index contributed by atoms with van der Waals surface area (Å²) in [5, 5.41) is 3.04. The highest BCUT2D eigenvalue weighted by Gasteiger charge is 2.30. The molecule has 1 unspecified atom stereocenters. The summed E-state index contributed by atoms with van der Waals surface area (Å²) in [5.74, 6) is -0.445. The molecule has 0 saturated carbocycles. The Bertz CT molecular complexity index is 223. The molecular weight excluding hydrogens is 208 g/mol. The van der Waals surface area contributed by atoms with E-state index < -0.39 is 6.04 Å². The molecule has 1 saturated heterocycles. The van der Waals surface area contributed by atoms with Crippen LogP contribution in [0, 0.1) is 0 Å². The molecule has 1 heterocycles. The van der Waals surface area contributed by atoms with Crippen molar-refractivity contribution in [1.82, 2.24) is 10.2 Å². The molecule has 1 N–H and O–H groups in total. The number of carbonyl (C=O) groups is 2. The number of amides is 1. The van der Waals surface area contributed by atoms with Gasteiger partial charge in [0.15, 0.2) is 0 Å². The normalized spacial score (nSPS) is 21.0. The highest BCUT2D eigenvalue weighted by atomic mass is 35.5. The maximum Gasteiger partial charge on any atom is 0.329 e. The lowest BCUT2D eigenvalue weighted by atomic mass is 10.2. The molecule has 6 heteroatoms. The third kappa shape index (κ3) is 2.85. The van der Waals surface area contributed by atoms with Gasteiger partial charge < -0.3 is 15.0 Å². The number of esters is 1. The van der Waals surface area contributed by atoms with Crippen LogP contribution >= 0.6 is 12.4 Å². The molecule has 5 nitrogen and oxygen atoms in total. The fourth-order valence-electron chi connectivity index (χ4n) is 1.43. The van der Waals surface area contributed by atoms with Crippen molar-refractivity contribution in [3.63, 3.8) is 0 Å². The largest absolute Gasteiger partial charge is 0.467 e. The van der Waals surface area contributed by atoms with Gasteiger partial charge in [-0.05, 0) is 0 Å². The molecule has 1 amide bonds. The van der Waals surface area contributed by atoms with Crippen molar-refractivity contribution in [1.29, 1.82) is 0 Å². The number of nitrogens with zero attached hydrogens (tertiary/aromatic N) is 1. The average molecular weight is 223 g/mol. The van der Waals surface area contributed by atoms with Gasteiger partial charge in [0.2, 0.25) is 5.91 Å². The highest BCUT2D eigenvalue weighted by Crippen LogP contribution is 2.04. The standard InChI is InChI=1S/C8H14N2O3.ClH/c1-6(11)10-4-3-9-5-7(10)8(12)13-2;/h7,9H,3-5H2,1-2H3;1H. The van der Waals surface area contributed by atoms with Crippen LogP contribution in [0.5, 0.6) is 0 Å². The van der Waals surface area contributed by atoms with Crippen LogP contribution in [0.15, 0.2) is 0 Å². The maximum atomic E-state index is 11.2. The highest BCUT2D eigenvalue weighted by molar-refractivity contribution is 5.85. The van der Waals surface area contributed by atoms with Crippen LogP contribution in [0.25, 0.3) is 0 Å². The molecule has 82 valence electrons. The number of nitrogens with one attached hydrogen (secondary N) is 1. The SMILES string of the molecule is COC(=O)C1CNCCN1C(C)=O.Cl. The second-order valence-corrected chi connectivity index (χ2v) is 2.96. The van der Waals surface area contributed by atoms with E-state index in [1.807, 2.05) is 0 Å². The second-order valence-electron chi connectivity index (χ2n) is 2.96. The van der Waals surface area contributed by atoms with Crippen molar-refractivity contribution in [3.05, 3.63) is 0 Å². The number of carbonyl (C=O) groups excluding carboxylic acids is 2. The Morgan fingerprint density at radius 3 is 2.64 bits per heavy atom. The van der Waals surface area contributed by atoms with Crippen molar-refractivity contribution in [2.75, 3.05) is 26.7 Å². The minimum absolute atomic E-state index is 0. The first-order chi connectivity index (χ1) is 6.16. The van der Waals surface area contributed by atoms with E-state index in [2.05, 4.69) is 10.1 Å². The quantitative estimate of drug-likeness (QED) is 0.602. The number of piperazine rings is 1. The lowest BCUT2D eigenvalue weighted by molar-refractivity contribution is -0.153. The van der Waals surface area contributed by atoms with Gasteiger partial charge in [-0.1, -0.05) is 0 Å². The Hall–Kier alpha value is -0.810. The van der Waals surface area contributed by atoms with Crippen LogP contribution in [0.3, 0.4) is 0 Å². The lowest BCUT2D eigenvalue weighted by Gasteiger charge is -2.33. The van der Waals surface area contributed by atoms with Crippen LogP contribution in [0.1, 0.15) is 6.92 Å². The fraction of sp³-hybridized carbons (Fsp3) is 0.750. The van der Waals surface area contributed by atoms with Gasteiger partial charge >= 0.3 is 5.97 Å².